The summed E-state index contributed by atoms with van der Waals surface area (Å²) in [5.74, 6) is 0.0265. The first-order valence-corrected chi connectivity index (χ1v) is 8.35. The first-order valence-electron chi connectivity index (χ1n) is 8.35. The molecule has 0 radical (unpaired) electrons. The largest absolute Gasteiger partial charge is 0.399 e. The van der Waals surface area contributed by atoms with Gasteiger partial charge >= 0.3 is 0 Å². The fraction of sp³-hybridized carbons (Fsp3) is 0.200. The van der Waals surface area contributed by atoms with Crippen LogP contribution in [0.15, 0.2) is 54.6 Å². The minimum absolute atomic E-state index is 0.0265. The average molecular weight is 333 g/mol. The molecule has 4 rings (SSSR count). The lowest BCUT2D eigenvalue weighted by Gasteiger charge is -2.27. The van der Waals surface area contributed by atoms with Gasteiger partial charge in [-0.25, -0.2) is 4.98 Å². The van der Waals surface area contributed by atoms with Crippen LogP contribution >= 0.6 is 0 Å². The first kappa shape index (κ1) is 15.6. The van der Waals surface area contributed by atoms with Crippen LogP contribution in [0.3, 0.4) is 0 Å². The molecule has 2 heterocycles. The average Bonchev–Trinajstić information content (AvgIpc) is 2.68. The van der Waals surface area contributed by atoms with Crippen LogP contribution in [-0.4, -0.2) is 42.1 Å². The van der Waals surface area contributed by atoms with Gasteiger partial charge in [-0.2, -0.15) is 0 Å². The van der Waals surface area contributed by atoms with Crippen molar-refractivity contribution >= 4 is 22.5 Å². The molecule has 1 saturated heterocycles. The summed E-state index contributed by atoms with van der Waals surface area (Å²) < 4.78 is 5.36. The number of ether oxygens (including phenoxy) is 1. The quantitative estimate of drug-likeness (QED) is 0.732. The number of aromatic nitrogens is 1. The number of para-hydroxylation sites is 1. The summed E-state index contributed by atoms with van der Waals surface area (Å²) >= 11 is 0. The van der Waals surface area contributed by atoms with E-state index in [-0.39, 0.29) is 5.91 Å². The molecule has 3 aromatic rings. The number of fused-ring (bicyclic) bond motifs is 1. The van der Waals surface area contributed by atoms with E-state index in [4.69, 9.17) is 15.5 Å². The Hall–Kier alpha value is -2.92. The molecule has 1 fully saturated rings. The van der Waals surface area contributed by atoms with Crippen LogP contribution in [0.25, 0.3) is 22.2 Å². The number of benzene rings is 2. The molecule has 2 N–H and O–H groups in total. The van der Waals surface area contributed by atoms with E-state index in [2.05, 4.69) is 0 Å². The van der Waals surface area contributed by atoms with E-state index in [9.17, 15) is 4.79 Å². The summed E-state index contributed by atoms with van der Waals surface area (Å²) in [6, 6.07) is 17.2. The number of morpholine rings is 1. The SMILES string of the molecule is Nc1ccc(-c2cc(C(=O)N3CCOCC3)c3ccccc3n2)cc1. The van der Waals surface area contributed by atoms with Gasteiger partial charge in [-0.15, -0.1) is 0 Å². The first-order chi connectivity index (χ1) is 12.2. The van der Waals surface area contributed by atoms with Crippen molar-refractivity contribution in [2.45, 2.75) is 0 Å². The molecule has 0 bridgehead atoms. The predicted molar refractivity (Wildman–Crippen MR) is 98.3 cm³/mol. The van der Waals surface area contributed by atoms with Crippen LogP contribution in [0, 0.1) is 0 Å². The van der Waals surface area contributed by atoms with E-state index < -0.39 is 0 Å². The van der Waals surface area contributed by atoms with Gasteiger partial charge in [0.05, 0.1) is 30.0 Å². The number of rotatable bonds is 2. The van der Waals surface area contributed by atoms with Crippen molar-refractivity contribution in [1.82, 2.24) is 9.88 Å². The Labute approximate surface area is 146 Å². The van der Waals surface area contributed by atoms with Crippen LogP contribution < -0.4 is 5.73 Å². The molecular formula is C20H19N3O2. The molecule has 0 unspecified atom stereocenters. The molecular weight excluding hydrogens is 314 g/mol. The van der Waals surface area contributed by atoms with E-state index in [1.807, 2.05) is 59.5 Å². The van der Waals surface area contributed by atoms with Gasteiger partial charge in [0.25, 0.3) is 5.91 Å². The monoisotopic (exact) mass is 333 g/mol. The second-order valence-corrected chi connectivity index (χ2v) is 6.10. The predicted octanol–water partition coefficient (Wildman–Crippen LogP) is 2.96. The Bertz CT molecular complexity index is 916. The van der Waals surface area contributed by atoms with E-state index in [0.717, 1.165) is 22.2 Å². The van der Waals surface area contributed by atoms with Gasteiger partial charge in [0, 0.05) is 29.7 Å². The van der Waals surface area contributed by atoms with Crippen LogP contribution in [0.4, 0.5) is 5.69 Å². The number of pyridine rings is 1. The highest BCUT2D eigenvalue weighted by Crippen LogP contribution is 2.26. The molecule has 2 aromatic carbocycles. The zero-order chi connectivity index (χ0) is 17.2. The molecule has 1 amide bonds. The third-order valence-corrected chi connectivity index (χ3v) is 4.45. The molecule has 0 aliphatic carbocycles. The van der Waals surface area contributed by atoms with E-state index in [1.165, 1.54) is 0 Å². The zero-order valence-electron chi connectivity index (χ0n) is 13.8. The maximum absolute atomic E-state index is 13.1. The third-order valence-electron chi connectivity index (χ3n) is 4.45. The molecule has 0 saturated carbocycles. The van der Waals surface area contributed by atoms with Gasteiger partial charge < -0.3 is 15.4 Å². The minimum Gasteiger partial charge on any atom is -0.399 e. The van der Waals surface area contributed by atoms with Crippen LogP contribution in [0.5, 0.6) is 0 Å². The highest BCUT2D eigenvalue weighted by molar-refractivity contribution is 6.07. The van der Waals surface area contributed by atoms with Gasteiger partial charge in [-0.05, 0) is 24.3 Å². The van der Waals surface area contributed by atoms with Gasteiger partial charge in [0.15, 0.2) is 0 Å². The smallest absolute Gasteiger partial charge is 0.254 e. The van der Waals surface area contributed by atoms with E-state index in [1.54, 1.807) is 0 Å². The summed E-state index contributed by atoms with van der Waals surface area (Å²) in [6.07, 6.45) is 0. The molecule has 0 spiro atoms. The van der Waals surface area contributed by atoms with Crippen LogP contribution in [-0.2, 0) is 4.74 Å². The van der Waals surface area contributed by atoms with Crippen molar-refractivity contribution in [3.05, 3.63) is 60.2 Å². The summed E-state index contributed by atoms with van der Waals surface area (Å²) in [7, 11) is 0. The van der Waals surface area contributed by atoms with Crippen molar-refractivity contribution in [1.29, 1.82) is 0 Å². The molecule has 0 atom stereocenters. The summed E-state index contributed by atoms with van der Waals surface area (Å²) in [5.41, 5.74) is 9.69. The van der Waals surface area contributed by atoms with Crippen LogP contribution in [0.1, 0.15) is 10.4 Å². The highest BCUT2D eigenvalue weighted by atomic mass is 16.5. The maximum Gasteiger partial charge on any atom is 0.254 e. The Morgan fingerprint density at radius 3 is 2.52 bits per heavy atom. The van der Waals surface area contributed by atoms with Crippen molar-refractivity contribution < 1.29 is 9.53 Å². The number of anilines is 1. The Balaban J connectivity index is 1.83. The molecule has 5 nitrogen and oxygen atoms in total. The second-order valence-electron chi connectivity index (χ2n) is 6.10. The Morgan fingerprint density at radius 1 is 1.04 bits per heavy atom. The van der Waals surface area contributed by atoms with Crippen LogP contribution in [0.2, 0.25) is 0 Å². The summed E-state index contributed by atoms with van der Waals surface area (Å²) in [4.78, 5) is 19.6. The van der Waals surface area contributed by atoms with Crippen molar-refractivity contribution in [2.24, 2.45) is 0 Å². The lowest BCUT2D eigenvalue weighted by atomic mass is 10.0. The Kier molecular flexibility index (Phi) is 4.07. The molecule has 1 aromatic heterocycles. The topological polar surface area (TPSA) is 68.5 Å². The highest BCUT2D eigenvalue weighted by Gasteiger charge is 2.21. The fourth-order valence-corrected chi connectivity index (χ4v) is 3.09. The number of carbonyl (C=O) groups excluding carboxylic acids is 1. The maximum atomic E-state index is 13.1. The summed E-state index contributed by atoms with van der Waals surface area (Å²) in [6.45, 7) is 2.40. The lowest BCUT2D eigenvalue weighted by molar-refractivity contribution is 0.0304. The standard InChI is InChI=1S/C20H19N3O2/c21-15-7-5-14(6-8-15)19-13-17(16-3-1-2-4-18(16)22-19)20(24)23-9-11-25-12-10-23/h1-8,13H,9-12,21H2. The molecule has 25 heavy (non-hydrogen) atoms. The minimum atomic E-state index is 0.0265. The van der Waals surface area contributed by atoms with Gasteiger partial charge in [0.1, 0.15) is 0 Å². The van der Waals surface area contributed by atoms with E-state index >= 15 is 0 Å². The number of nitrogens with zero attached hydrogens (tertiary/aromatic N) is 2. The van der Waals surface area contributed by atoms with Gasteiger partial charge in [-0.3, -0.25) is 4.79 Å². The number of hydrogen-bond donors (Lipinski definition) is 1. The number of hydrogen-bond acceptors (Lipinski definition) is 4. The molecule has 1 aliphatic rings. The zero-order valence-corrected chi connectivity index (χ0v) is 13.8. The van der Waals surface area contributed by atoms with Crippen molar-refractivity contribution in [3.63, 3.8) is 0 Å². The summed E-state index contributed by atoms with van der Waals surface area (Å²) in [5, 5.41) is 0.873. The normalized spacial score (nSPS) is 14.6. The Morgan fingerprint density at radius 2 is 1.76 bits per heavy atom. The second kappa shape index (κ2) is 6.53. The number of amides is 1. The van der Waals surface area contributed by atoms with Crippen molar-refractivity contribution in [3.8, 4) is 11.3 Å². The van der Waals surface area contributed by atoms with Gasteiger partial charge in [-0.1, -0.05) is 30.3 Å². The van der Waals surface area contributed by atoms with E-state index in [0.29, 0.717) is 37.6 Å². The number of carbonyl (C=O) groups is 1. The molecule has 126 valence electrons. The third kappa shape index (κ3) is 3.06. The van der Waals surface area contributed by atoms with Gasteiger partial charge in [0.2, 0.25) is 0 Å². The lowest BCUT2D eigenvalue weighted by Crippen LogP contribution is -2.40. The van der Waals surface area contributed by atoms with Crippen molar-refractivity contribution in [2.75, 3.05) is 32.0 Å². The molecule has 1 aliphatic heterocycles. The number of nitrogen functional groups attached to an aromatic ring is 1. The number of nitrogens with two attached hydrogens (primary N) is 1. The fourth-order valence-electron chi connectivity index (χ4n) is 3.09. The molecule has 5 heteroatoms.